The summed E-state index contributed by atoms with van der Waals surface area (Å²) >= 11 is 0. The third-order valence-corrected chi connectivity index (χ3v) is 3.39. The van der Waals surface area contributed by atoms with Crippen LogP contribution in [0.15, 0.2) is 48.5 Å². The predicted octanol–water partition coefficient (Wildman–Crippen LogP) is 3.85. The van der Waals surface area contributed by atoms with Gasteiger partial charge in [-0.3, -0.25) is 0 Å². The Balaban J connectivity index is 1.80. The molecule has 1 N–H and O–H groups in total. The van der Waals surface area contributed by atoms with Gasteiger partial charge in [0.2, 0.25) is 0 Å². The second kappa shape index (κ2) is 7.50. The SMILES string of the molecule is Cc1cccc(NC(=O)N(C)CCOc2ccccc2C)c1. The molecule has 0 atom stereocenters. The minimum Gasteiger partial charge on any atom is -0.491 e. The van der Waals surface area contributed by atoms with E-state index in [0.29, 0.717) is 13.2 Å². The average molecular weight is 298 g/mol. The highest BCUT2D eigenvalue weighted by Crippen LogP contribution is 2.16. The van der Waals surface area contributed by atoms with Crippen LogP contribution in [-0.2, 0) is 0 Å². The summed E-state index contributed by atoms with van der Waals surface area (Å²) in [6.45, 7) is 4.98. The Morgan fingerprint density at radius 2 is 1.91 bits per heavy atom. The van der Waals surface area contributed by atoms with E-state index < -0.39 is 0 Å². The Labute approximate surface area is 131 Å². The van der Waals surface area contributed by atoms with Gasteiger partial charge in [0, 0.05) is 12.7 Å². The zero-order chi connectivity index (χ0) is 15.9. The fourth-order valence-electron chi connectivity index (χ4n) is 2.05. The standard InChI is InChI=1S/C18H22N2O2/c1-14-7-6-9-16(13-14)19-18(21)20(3)11-12-22-17-10-5-4-8-15(17)2/h4-10,13H,11-12H2,1-3H3,(H,19,21). The summed E-state index contributed by atoms with van der Waals surface area (Å²) in [7, 11) is 1.76. The average Bonchev–Trinajstić information content (AvgIpc) is 2.49. The van der Waals surface area contributed by atoms with Crippen LogP contribution in [0.25, 0.3) is 0 Å². The van der Waals surface area contributed by atoms with Crippen molar-refractivity contribution >= 4 is 11.7 Å². The highest BCUT2D eigenvalue weighted by molar-refractivity contribution is 5.89. The van der Waals surface area contributed by atoms with Crippen molar-refractivity contribution in [3.8, 4) is 5.75 Å². The first-order valence-corrected chi connectivity index (χ1v) is 7.33. The first-order valence-electron chi connectivity index (χ1n) is 7.33. The maximum absolute atomic E-state index is 12.1. The third kappa shape index (κ3) is 4.52. The number of aryl methyl sites for hydroxylation is 2. The number of amides is 2. The number of hydrogen-bond acceptors (Lipinski definition) is 2. The lowest BCUT2D eigenvalue weighted by Crippen LogP contribution is -2.34. The lowest BCUT2D eigenvalue weighted by atomic mass is 10.2. The maximum Gasteiger partial charge on any atom is 0.321 e. The summed E-state index contributed by atoms with van der Waals surface area (Å²) in [6, 6.07) is 15.4. The van der Waals surface area contributed by atoms with Gasteiger partial charge in [-0.2, -0.15) is 0 Å². The topological polar surface area (TPSA) is 41.6 Å². The van der Waals surface area contributed by atoms with Gasteiger partial charge >= 0.3 is 6.03 Å². The van der Waals surface area contributed by atoms with Crippen molar-refractivity contribution in [2.45, 2.75) is 13.8 Å². The van der Waals surface area contributed by atoms with Gasteiger partial charge in [0.25, 0.3) is 0 Å². The molecule has 0 saturated heterocycles. The summed E-state index contributed by atoms with van der Waals surface area (Å²) in [5.41, 5.74) is 3.01. The van der Waals surface area contributed by atoms with E-state index in [9.17, 15) is 4.79 Å². The number of nitrogens with one attached hydrogen (secondary N) is 1. The number of hydrogen-bond donors (Lipinski definition) is 1. The zero-order valence-corrected chi connectivity index (χ0v) is 13.3. The van der Waals surface area contributed by atoms with Crippen molar-refractivity contribution < 1.29 is 9.53 Å². The van der Waals surface area contributed by atoms with Crippen molar-refractivity contribution in [3.63, 3.8) is 0 Å². The van der Waals surface area contributed by atoms with Crippen molar-refractivity contribution in [1.82, 2.24) is 4.90 Å². The molecule has 4 nitrogen and oxygen atoms in total. The largest absolute Gasteiger partial charge is 0.491 e. The van der Waals surface area contributed by atoms with E-state index in [2.05, 4.69) is 5.32 Å². The van der Waals surface area contributed by atoms with E-state index in [-0.39, 0.29) is 6.03 Å². The molecule has 2 rings (SSSR count). The van der Waals surface area contributed by atoms with Gasteiger partial charge in [-0.1, -0.05) is 30.3 Å². The monoisotopic (exact) mass is 298 g/mol. The van der Waals surface area contributed by atoms with Crippen LogP contribution in [0, 0.1) is 13.8 Å². The molecule has 0 unspecified atom stereocenters. The summed E-state index contributed by atoms with van der Waals surface area (Å²) < 4.78 is 5.71. The van der Waals surface area contributed by atoms with E-state index in [4.69, 9.17) is 4.74 Å². The molecule has 2 aromatic carbocycles. The van der Waals surface area contributed by atoms with Gasteiger partial charge in [0.1, 0.15) is 12.4 Å². The van der Waals surface area contributed by atoms with E-state index in [1.165, 1.54) is 0 Å². The van der Waals surface area contributed by atoms with Gasteiger partial charge < -0.3 is 15.0 Å². The fraction of sp³-hybridized carbons (Fsp3) is 0.278. The Kier molecular flexibility index (Phi) is 5.42. The van der Waals surface area contributed by atoms with Crippen LogP contribution in [0.5, 0.6) is 5.75 Å². The van der Waals surface area contributed by atoms with E-state index in [1.54, 1.807) is 11.9 Å². The third-order valence-electron chi connectivity index (χ3n) is 3.39. The normalized spacial score (nSPS) is 10.1. The molecule has 2 aromatic rings. The lowest BCUT2D eigenvalue weighted by Gasteiger charge is -2.18. The number of nitrogens with zero attached hydrogens (tertiary/aromatic N) is 1. The number of likely N-dealkylation sites (N-methyl/N-ethyl adjacent to an activating group) is 1. The number of para-hydroxylation sites is 1. The molecular formula is C18H22N2O2. The molecule has 0 heterocycles. The van der Waals surface area contributed by atoms with Crippen LogP contribution in [0.2, 0.25) is 0 Å². The van der Waals surface area contributed by atoms with E-state index >= 15 is 0 Å². The molecule has 0 bridgehead atoms. The van der Waals surface area contributed by atoms with Gasteiger partial charge in [0.05, 0.1) is 6.54 Å². The summed E-state index contributed by atoms with van der Waals surface area (Å²) in [5.74, 6) is 0.856. The van der Waals surface area contributed by atoms with Crippen LogP contribution in [0.3, 0.4) is 0 Å². The Morgan fingerprint density at radius 1 is 1.14 bits per heavy atom. The van der Waals surface area contributed by atoms with Crippen molar-refractivity contribution in [2.75, 3.05) is 25.5 Å². The Morgan fingerprint density at radius 3 is 2.64 bits per heavy atom. The predicted molar refractivity (Wildman–Crippen MR) is 89.5 cm³/mol. The Bertz CT molecular complexity index is 640. The maximum atomic E-state index is 12.1. The zero-order valence-electron chi connectivity index (χ0n) is 13.3. The quantitative estimate of drug-likeness (QED) is 0.911. The number of rotatable bonds is 5. The molecule has 0 aliphatic carbocycles. The molecule has 116 valence electrons. The number of carbonyl (C=O) groups excluding carboxylic acids is 1. The van der Waals surface area contributed by atoms with E-state index in [0.717, 1.165) is 22.6 Å². The molecule has 0 radical (unpaired) electrons. The summed E-state index contributed by atoms with van der Waals surface area (Å²) in [4.78, 5) is 13.7. The van der Waals surface area contributed by atoms with Gasteiger partial charge in [0.15, 0.2) is 0 Å². The van der Waals surface area contributed by atoms with Gasteiger partial charge in [-0.15, -0.1) is 0 Å². The minimum atomic E-state index is -0.140. The van der Waals surface area contributed by atoms with Crippen LogP contribution in [-0.4, -0.2) is 31.1 Å². The Hall–Kier alpha value is -2.49. The number of carbonyl (C=O) groups is 1. The molecule has 0 spiro atoms. The number of urea groups is 1. The number of benzene rings is 2. The van der Waals surface area contributed by atoms with Crippen molar-refractivity contribution in [2.24, 2.45) is 0 Å². The second-order valence-electron chi connectivity index (χ2n) is 5.34. The molecule has 4 heteroatoms. The van der Waals surface area contributed by atoms with Gasteiger partial charge in [-0.25, -0.2) is 4.79 Å². The molecule has 0 fully saturated rings. The molecule has 0 saturated carbocycles. The first-order chi connectivity index (χ1) is 10.6. The van der Waals surface area contributed by atoms with Crippen molar-refractivity contribution in [1.29, 1.82) is 0 Å². The fourth-order valence-corrected chi connectivity index (χ4v) is 2.05. The lowest BCUT2D eigenvalue weighted by molar-refractivity contribution is 0.207. The summed E-state index contributed by atoms with van der Waals surface area (Å²) in [6.07, 6.45) is 0. The first kappa shape index (κ1) is 15.9. The van der Waals surface area contributed by atoms with Crippen LogP contribution in [0.1, 0.15) is 11.1 Å². The molecule has 2 amide bonds. The van der Waals surface area contributed by atoms with E-state index in [1.807, 2.05) is 62.4 Å². The smallest absolute Gasteiger partial charge is 0.321 e. The highest BCUT2D eigenvalue weighted by atomic mass is 16.5. The van der Waals surface area contributed by atoms with Crippen molar-refractivity contribution in [3.05, 3.63) is 59.7 Å². The molecule has 0 aliphatic heterocycles. The molecule has 0 aliphatic rings. The highest BCUT2D eigenvalue weighted by Gasteiger charge is 2.09. The van der Waals surface area contributed by atoms with Crippen LogP contribution < -0.4 is 10.1 Å². The molecule has 22 heavy (non-hydrogen) atoms. The molecule has 0 aromatic heterocycles. The van der Waals surface area contributed by atoms with Crippen LogP contribution in [0.4, 0.5) is 10.5 Å². The number of ether oxygens (including phenoxy) is 1. The second-order valence-corrected chi connectivity index (χ2v) is 5.34. The number of anilines is 1. The van der Waals surface area contributed by atoms with Crippen LogP contribution >= 0.6 is 0 Å². The minimum absolute atomic E-state index is 0.140. The molecular weight excluding hydrogens is 276 g/mol. The van der Waals surface area contributed by atoms with Gasteiger partial charge in [-0.05, 0) is 43.2 Å². The summed E-state index contributed by atoms with van der Waals surface area (Å²) in [5, 5.41) is 2.87.